The maximum Gasteiger partial charge on any atom is 0.194 e. The molecule has 1 atom stereocenters. The Hall–Kier alpha value is -1.46. The molecule has 0 unspecified atom stereocenters. The van der Waals surface area contributed by atoms with Crippen LogP contribution in [0.25, 0.3) is 0 Å². The van der Waals surface area contributed by atoms with Gasteiger partial charge in [0.25, 0.3) is 0 Å². The summed E-state index contributed by atoms with van der Waals surface area (Å²) in [7, 11) is 0. The Bertz CT molecular complexity index is 559. The number of nitrogens with zero attached hydrogens (tertiary/aromatic N) is 3. The maximum absolute atomic E-state index is 9.44. The normalized spacial score (nSPS) is 12.5. The summed E-state index contributed by atoms with van der Waals surface area (Å²) in [5.41, 5.74) is 3.93. The summed E-state index contributed by atoms with van der Waals surface area (Å²) in [4.78, 5) is 13.2. The van der Waals surface area contributed by atoms with Gasteiger partial charge in [0.1, 0.15) is 5.03 Å². The Morgan fingerprint density at radius 2 is 1.74 bits per heavy atom. The Morgan fingerprint density at radius 1 is 1.11 bits per heavy atom. The molecular weight excluding hydrogens is 258 g/mol. The topological polar surface area (TPSA) is 58.9 Å². The third-order valence-electron chi connectivity index (χ3n) is 3.05. The number of rotatable bonds is 3. The molecule has 0 saturated carbocycles. The standard InChI is InChI=1S/C14H17N3OS/c1-8-9(2)16-14(17-10(8)3)19-13-6-5-12(7-15-13)11(4)18/h5-7,11,18H,1-4H3/t11-/m1/s1. The van der Waals surface area contributed by atoms with Crippen molar-refractivity contribution in [2.75, 3.05) is 0 Å². The number of aryl methyl sites for hydroxylation is 2. The molecule has 0 aromatic carbocycles. The molecule has 2 aromatic heterocycles. The summed E-state index contributed by atoms with van der Waals surface area (Å²) in [6.45, 7) is 7.71. The second kappa shape index (κ2) is 5.67. The van der Waals surface area contributed by atoms with Crippen molar-refractivity contribution >= 4 is 11.8 Å². The first kappa shape index (κ1) is 14.0. The van der Waals surface area contributed by atoms with Crippen molar-refractivity contribution < 1.29 is 5.11 Å². The van der Waals surface area contributed by atoms with Gasteiger partial charge in [-0.05, 0) is 56.7 Å². The number of aliphatic hydroxyl groups is 1. The van der Waals surface area contributed by atoms with Crippen LogP contribution in [-0.4, -0.2) is 20.1 Å². The van der Waals surface area contributed by atoms with Crippen molar-refractivity contribution in [2.45, 2.75) is 44.0 Å². The summed E-state index contributed by atoms with van der Waals surface area (Å²) < 4.78 is 0. The highest BCUT2D eigenvalue weighted by Crippen LogP contribution is 2.25. The number of pyridine rings is 1. The summed E-state index contributed by atoms with van der Waals surface area (Å²) in [6, 6.07) is 3.74. The van der Waals surface area contributed by atoms with E-state index in [1.807, 2.05) is 32.9 Å². The first-order valence-corrected chi connectivity index (χ1v) is 6.92. The predicted octanol–water partition coefficient (Wildman–Crippen LogP) is 3.00. The van der Waals surface area contributed by atoms with Crippen molar-refractivity contribution in [1.29, 1.82) is 0 Å². The third kappa shape index (κ3) is 3.30. The molecule has 100 valence electrons. The zero-order valence-electron chi connectivity index (χ0n) is 11.5. The van der Waals surface area contributed by atoms with Gasteiger partial charge in [0.05, 0.1) is 6.10 Å². The maximum atomic E-state index is 9.44. The van der Waals surface area contributed by atoms with Gasteiger partial charge in [0.2, 0.25) is 0 Å². The zero-order chi connectivity index (χ0) is 14.0. The van der Waals surface area contributed by atoms with Crippen LogP contribution < -0.4 is 0 Å². The van der Waals surface area contributed by atoms with E-state index < -0.39 is 6.10 Å². The van der Waals surface area contributed by atoms with E-state index in [0.29, 0.717) is 5.16 Å². The lowest BCUT2D eigenvalue weighted by Gasteiger charge is -2.07. The number of aliphatic hydroxyl groups excluding tert-OH is 1. The molecule has 0 aliphatic carbocycles. The van der Waals surface area contributed by atoms with Crippen molar-refractivity contribution in [1.82, 2.24) is 15.0 Å². The molecule has 2 aromatic rings. The molecule has 0 bridgehead atoms. The smallest absolute Gasteiger partial charge is 0.194 e. The molecule has 19 heavy (non-hydrogen) atoms. The van der Waals surface area contributed by atoms with E-state index in [4.69, 9.17) is 0 Å². The van der Waals surface area contributed by atoms with Crippen LogP contribution >= 0.6 is 11.8 Å². The van der Waals surface area contributed by atoms with E-state index >= 15 is 0 Å². The summed E-state index contributed by atoms with van der Waals surface area (Å²) in [5.74, 6) is 0. The molecule has 0 spiro atoms. The quantitative estimate of drug-likeness (QED) is 0.873. The van der Waals surface area contributed by atoms with Gasteiger partial charge in [-0.1, -0.05) is 6.07 Å². The van der Waals surface area contributed by atoms with E-state index in [9.17, 15) is 5.11 Å². The van der Waals surface area contributed by atoms with Gasteiger partial charge in [0.15, 0.2) is 5.16 Å². The zero-order valence-corrected chi connectivity index (χ0v) is 12.3. The third-order valence-corrected chi connectivity index (χ3v) is 3.87. The molecule has 2 rings (SSSR count). The molecule has 0 radical (unpaired) electrons. The monoisotopic (exact) mass is 275 g/mol. The molecule has 0 aliphatic rings. The molecular formula is C14H17N3OS. The number of hydrogen-bond donors (Lipinski definition) is 1. The molecule has 1 N–H and O–H groups in total. The Morgan fingerprint density at radius 3 is 2.21 bits per heavy atom. The van der Waals surface area contributed by atoms with E-state index in [2.05, 4.69) is 15.0 Å². The lowest BCUT2D eigenvalue weighted by atomic mass is 10.2. The highest BCUT2D eigenvalue weighted by atomic mass is 32.2. The number of hydrogen-bond acceptors (Lipinski definition) is 5. The van der Waals surface area contributed by atoms with E-state index in [1.54, 1.807) is 13.1 Å². The number of aromatic nitrogens is 3. The van der Waals surface area contributed by atoms with Crippen LogP contribution in [-0.2, 0) is 0 Å². The van der Waals surface area contributed by atoms with Crippen LogP contribution in [0.4, 0.5) is 0 Å². The highest BCUT2D eigenvalue weighted by molar-refractivity contribution is 7.99. The average Bonchev–Trinajstić information content (AvgIpc) is 2.36. The van der Waals surface area contributed by atoms with Gasteiger partial charge in [0, 0.05) is 17.6 Å². The highest BCUT2D eigenvalue weighted by Gasteiger charge is 2.08. The van der Waals surface area contributed by atoms with E-state index in [-0.39, 0.29) is 0 Å². The minimum Gasteiger partial charge on any atom is -0.389 e. The summed E-state index contributed by atoms with van der Waals surface area (Å²) >= 11 is 1.43. The fourth-order valence-electron chi connectivity index (χ4n) is 1.58. The van der Waals surface area contributed by atoms with Crippen molar-refractivity contribution in [3.8, 4) is 0 Å². The van der Waals surface area contributed by atoms with Crippen LogP contribution in [0.2, 0.25) is 0 Å². The van der Waals surface area contributed by atoms with Gasteiger partial charge in [-0.15, -0.1) is 0 Å². The van der Waals surface area contributed by atoms with Crippen molar-refractivity contribution in [2.24, 2.45) is 0 Å². The van der Waals surface area contributed by atoms with Crippen LogP contribution in [0.5, 0.6) is 0 Å². The molecule has 0 saturated heterocycles. The minimum atomic E-state index is -0.494. The van der Waals surface area contributed by atoms with Gasteiger partial charge < -0.3 is 5.11 Å². The predicted molar refractivity (Wildman–Crippen MR) is 75.2 cm³/mol. The lowest BCUT2D eigenvalue weighted by Crippen LogP contribution is -1.98. The second-order valence-corrected chi connectivity index (χ2v) is 5.50. The van der Waals surface area contributed by atoms with Gasteiger partial charge in [-0.2, -0.15) is 0 Å². The fourth-order valence-corrected chi connectivity index (χ4v) is 2.37. The van der Waals surface area contributed by atoms with Crippen LogP contribution in [0, 0.1) is 20.8 Å². The van der Waals surface area contributed by atoms with Crippen LogP contribution in [0.15, 0.2) is 28.5 Å². The Kier molecular flexibility index (Phi) is 4.17. The minimum absolute atomic E-state index is 0.494. The molecule has 4 nitrogen and oxygen atoms in total. The fraction of sp³-hybridized carbons (Fsp3) is 0.357. The molecule has 0 aliphatic heterocycles. The first-order valence-electron chi connectivity index (χ1n) is 6.11. The van der Waals surface area contributed by atoms with Crippen molar-refractivity contribution in [3.63, 3.8) is 0 Å². The Labute approximate surface area is 117 Å². The van der Waals surface area contributed by atoms with Gasteiger partial charge in [-0.25, -0.2) is 15.0 Å². The summed E-state index contributed by atoms with van der Waals surface area (Å²) in [6.07, 6.45) is 1.19. The first-order chi connectivity index (χ1) is 8.97. The lowest BCUT2D eigenvalue weighted by molar-refractivity contribution is 0.198. The average molecular weight is 275 g/mol. The molecule has 5 heteroatoms. The molecule has 2 heterocycles. The van der Waals surface area contributed by atoms with Crippen LogP contribution in [0.3, 0.4) is 0 Å². The molecule has 0 fully saturated rings. The largest absolute Gasteiger partial charge is 0.389 e. The summed E-state index contributed by atoms with van der Waals surface area (Å²) in [5, 5.41) is 11.0. The SMILES string of the molecule is Cc1nc(Sc2ccc([C@@H](C)O)cn2)nc(C)c1C. The second-order valence-electron chi connectivity index (χ2n) is 4.51. The van der Waals surface area contributed by atoms with Gasteiger partial charge in [-0.3, -0.25) is 0 Å². The van der Waals surface area contributed by atoms with Crippen LogP contribution in [0.1, 0.15) is 35.5 Å². The Balaban J connectivity index is 2.21. The molecule has 0 amide bonds. The van der Waals surface area contributed by atoms with Gasteiger partial charge >= 0.3 is 0 Å². The van der Waals surface area contributed by atoms with E-state index in [0.717, 1.165) is 27.5 Å². The van der Waals surface area contributed by atoms with Crippen molar-refractivity contribution in [3.05, 3.63) is 40.8 Å². The van der Waals surface area contributed by atoms with E-state index in [1.165, 1.54) is 11.8 Å².